The van der Waals surface area contributed by atoms with E-state index in [0.717, 1.165) is 5.56 Å². The summed E-state index contributed by atoms with van der Waals surface area (Å²) in [5.41, 5.74) is 1.20. The number of para-hydroxylation sites is 1. The first-order chi connectivity index (χ1) is 10.6. The van der Waals surface area contributed by atoms with E-state index in [0.29, 0.717) is 21.4 Å². The minimum Gasteiger partial charge on any atom is -0.488 e. The number of nitrogens with one attached hydrogen (secondary N) is 1. The number of halogens is 2. The van der Waals surface area contributed by atoms with Gasteiger partial charge in [-0.05, 0) is 24.3 Å². The Morgan fingerprint density at radius 2 is 2.00 bits per heavy atom. The lowest BCUT2D eigenvalue weighted by Crippen LogP contribution is -2.24. The number of carbonyl (C=O) groups is 1. The molecule has 0 radical (unpaired) electrons. The molecule has 2 aromatic carbocycles. The first-order valence-electron chi connectivity index (χ1n) is 6.49. The van der Waals surface area contributed by atoms with Crippen molar-refractivity contribution in [2.24, 2.45) is 0 Å². The number of ether oxygens (including phenoxy) is 1. The van der Waals surface area contributed by atoms with Crippen LogP contribution in [-0.2, 0) is 6.61 Å². The third-order valence-electron chi connectivity index (χ3n) is 2.88. The van der Waals surface area contributed by atoms with Crippen molar-refractivity contribution >= 4 is 29.1 Å². The minimum atomic E-state index is -0.282. The summed E-state index contributed by atoms with van der Waals surface area (Å²) in [6, 6.07) is 12.1. The molecule has 2 aromatic rings. The summed E-state index contributed by atoms with van der Waals surface area (Å²) < 4.78 is 5.70. The number of benzene rings is 2. The largest absolute Gasteiger partial charge is 0.488 e. The molecular weight excluding hydrogens is 321 g/mol. The second-order valence-electron chi connectivity index (χ2n) is 4.41. The molecular formula is C17H13Cl2NO2. The Labute approximate surface area is 139 Å². The van der Waals surface area contributed by atoms with Crippen LogP contribution in [0.1, 0.15) is 15.9 Å². The van der Waals surface area contributed by atoms with Gasteiger partial charge in [0.1, 0.15) is 12.4 Å². The second kappa shape index (κ2) is 7.74. The maximum Gasteiger partial charge on any atom is 0.255 e. The van der Waals surface area contributed by atoms with Crippen molar-refractivity contribution < 1.29 is 9.53 Å². The Morgan fingerprint density at radius 3 is 2.73 bits per heavy atom. The van der Waals surface area contributed by atoms with E-state index in [2.05, 4.69) is 11.2 Å². The summed E-state index contributed by atoms with van der Waals surface area (Å²) in [5, 5.41) is 3.68. The minimum absolute atomic E-state index is 0.163. The standard InChI is InChI=1S/C17H13Cl2NO2/c1-2-9-20-17(21)14-5-3-4-6-16(14)22-11-12-7-8-13(18)10-15(12)19/h1,3-8,10H,9,11H2,(H,20,21). The number of rotatable bonds is 5. The quantitative estimate of drug-likeness (QED) is 0.842. The van der Waals surface area contributed by atoms with Gasteiger partial charge in [0.15, 0.2) is 0 Å². The Kier molecular flexibility index (Phi) is 5.71. The fourth-order valence-corrected chi connectivity index (χ4v) is 2.26. The monoisotopic (exact) mass is 333 g/mol. The molecule has 0 aliphatic carbocycles. The number of amides is 1. The van der Waals surface area contributed by atoms with Crippen molar-refractivity contribution in [3.05, 3.63) is 63.6 Å². The number of terminal acetylenes is 1. The molecule has 0 saturated heterocycles. The molecule has 0 atom stereocenters. The topological polar surface area (TPSA) is 38.3 Å². The van der Waals surface area contributed by atoms with Gasteiger partial charge < -0.3 is 10.1 Å². The van der Waals surface area contributed by atoms with Gasteiger partial charge in [-0.15, -0.1) is 6.42 Å². The van der Waals surface area contributed by atoms with E-state index in [1.165, 1.54) is 0 Å². The van der Waals surface area contributed by atoms with Gasteiger partial charge in [0.2, 0.25) is 0 Å². The van der Waals surface area contributed by atoms with E-state index in [-0.39, 0.29) is 19.1 Å². The lowest BCUT2D eigenvalue weighted by Gasteiger charge is -2.12. The molecule has 0 fully saturated rings. The molecule has 1 N–H and O–H groups in total. The Morgan fingerprint density at radius 1 is 1.23 bits per heavy atom. The van der Waals surface area contributed by atoms with Gasteiger partial charge in [0.25, 0.3) is 5.91 Å². The maximum absolute atomic E-state index is 12.0. The molecule has 5 heteroatoms. The molecule has 0 heterocycles. The average molecular weight is 334 g/mol. The van der Waals surface area contributed by atoms with Crippen molar-refractivity contribution in [1.29, 1.82) is 0 Å². The zero-order valence-corrected chi connectivity index (χ0v) is 13.1. The molecule has 0 aliphatic rings. The molecule has 2 rings (SSSR count). The van der Waals surface area contributed by atoms with Crippen LogP contribution in [-0.4, -0.2) is 12.5 Å². The lowest BCUT2D eigenvalue weighted by molar-refractivity contribution is 0.0954. The first kappa shape index (κ1) is 16.2. The van der Waals surface area contributed by atoms with Gasteiger partial charge in [-0.1, -0.05) is 47.3 Å². The van der Waals surface area contributed by atoms with Crippen molar-refractivity contribution in [3.8, 4) is 18.1 Å². The van der Waals surface area contributed by atoms with Crippen molar-refractivity contribution in [2.45, 2.75) is 6.61 Å². The van der Waals surface area contributed by atoms with E-state index in [4.69, 9.17) is 34.4 Å². The fourth-order valence-electron chi connectivity index (χ4n) is 1.80. The Hall–Kier alpha value is -2.15. The van der Waals surface area contributed by atoms with Crippen molar-refractivity contribution in [1.82, 2.24) is 5.32 Å². The normalized spacial score (nSPS) is 9.86. The first-order valence-corrected chi connectivity index (χ1v) is 7.25. The fraction of sp³-hybridized carbons (Fsp3) is 0.118. The molecule has 3 nitrogen and oxygen atoms in total. The summed E-state index contributed by atoms with van der Waals surface area (Å²) in [7, 11) is 0. The highest BCUT2D eigenvalue weighted by Crippen LogP contribution is 2.24. The molecule has 1 amide bonds. The summed E-state index contributed by atoms with van der Waals surface area (Å²) in [6.07, 6.45) is 5.14. The van der Waals surface area contributed by atoms with Gasteiger partial charge in [-0.25, -0.2) is 0 Å². The van der Waals surface area contributed by atoms with Crippen LogP contribution in [0.5, 0.6) is 5.75 Å². The second-order valence-corrected chi connectivity index (χ2v) is 5.25. The zero-order valence-electron chi connectivity index (χ0n) is 11.6. The molecule has 0 bridgehead atoms. The lowest BCUT2D eigenvalue weighted by atomic mass is 10.2. The summed E-state index contributed by atoms with van der Waals surface area (Å²) in [6.45, 7) is 0.394. The van der Waals surface area contributed by atoms with Crippen molar-refractivity contribution in [3.63, 3.8) is 0 Å². The van der Waals surface area contributed by atoms with Crippen LogP contribution in [0.15, 0.2) is 42.5 Å². The van der Waals surface area contributed by atoms with Crippen LogP contribution >= 0.6 is 23.2 Å². The van der Waals surface area contributed by atoms with Gasteiger partial charge in [-0.2, -0.15) is 0 Å². The summed E-state index contributed by atoms with van der Waals surface area (Å²) in [4.78, 5) is 12.0. The number of carbonyl (C=O) groups excluding carboxylic acids is 1. The SMILES string of the molecule is C#CCNC(=O)c1ccccc1OCc1ccc(Cl)cc1Cl. The number of hydrogen-bond donors (Lipinski definition) is 1. The van der Waals surface area contributed by atoms with Crippen LogP contribution in [0.3, 0.4) is 0 Å². The van der Waals surface area contributed by atoms with Gasteiger partial charge in [0, 0.05) is 15.6 Å². The maximum atomic E-state index is 12.0. The van der Waals surface area contributed by atoms with E-state index >= 15 is 0 Å². The smallest absolute Gasteiger partial charge is 0.255 e. The molecule has 22 heavy (non-hydrogen) atoms. The molecule has 0 unspecified atom stereocenters. The van der Waals surface area contributed by atoms with Crippen LogP contribution in [0.2, 0.25) is 10.0 Å². The van der Waals surface area contributed by atoms with E-state index < -0.39 is 0 Å². The summed E-state index contributed by atoms with van der Waals surface area (Å²) in [5.74, 6) is 2.54. The van der Waals surface area contributed by atoms with E-state index in [9.17, 15) is 4.79 Å². The number of hydrogen-bond acceptors (Lipinski definition) is 2. The van der Waals surface area contributed by atoms with Gasteiger partial charge in [-0.3, -0.25) is 4.79 Å². The third kappa shape index (κ3) is 4.17. The van der Waals surface area contributed by atoms with Gasteiger partial charge in [0.05, 0.1) is 12.1 Å². The molecule has 112 valence electrons. The molecule has 0 spiro atoms. The van der Waals surface area contributed by atoms with Crippen LogP contribution in [0.4, 0.5) is 0 Å². The highest BCUT2D eigenvalue weighted by atomic mass is 35.5. The molecule has 0 aliphatic heterocycles. The van der Waals surface area contributed by atoms with Crippen LogP contribution < -0.4 is 10.1 Å². The Balaban J connectivity index is 2.13. The third-order valence-corrected chi connectivity index (χ3v) is 3.47. The summed E-state index contributed by atoms with van der Waals surface area (Å²) >= 11 is 12.0. The van der Waals surface area contributed by atoms with Crippen molar-refractivity contribution in [2.75, 3.05) is 6.54 Å². The zero-order chi connectivity index (χ0) is 15.9. The molecule has 0 saturated carbocycles. The van der Waals surface area contributed by atoms with Gasteiger partial charge >= 0.3 is 0 Å². The predicted molar refractivity (Wildman–Crippen MR) is 88.4 cm³/mol. The average Bonchev–Trinajstić information content (AvgIpc) is 2.52. The van der Waals surface area contributed by atoms with E-state index in [1.54, 1.807) is 42.5 Å². The molecule has 0 aromatic heterocycles. The Bertz CT molecular complexity index is 723. The van der Waals surface area contributed by atoms with Crippen LogP contribution in [0, 0.1) is 12.3 Å². The predicted octanol–water partition coefficient (Wildman–Crippen LogP) is 3.94. The highest BCUT2D eigenvalue weighted by molar-refractivity contribution is 6.35. The van der Waals surface area contributed by atoms with E-state index in [1.807, 2.05) is 0 Å². The van der Waals surface area contributed by atoms with Crippen LogP contribution in [0.25, 0.3) is 0 Å². The highest BCUT2D eigenvalue weighted by Gasteiger charge is 2.12.